The van der Waals surface area contributed by atoms with Gasteiger partial charge in [0.2, 0.25) is 5.91 Å². The molecule has 4 heterocycles. The molecule has 2 aromatic rings. The second-order valence-electron chi connectivity index (χ2n) is 22.7. The highest BCUT2D eigenvalue weighted by Crippen LogP contribution is 2.41. The zero-order valence-electron chi connectivity index (χ0n) is 46.6. The summed E-state index contributed by atoms with van der Waals surface area (Å²) >= 11 is 0. The van der Waals surface area contributed by atoms with Crippen LogP contribution in [0, 0.1) is 23.7 Å². The molecule has 1 aromatic carbocycles. The van der Waals surface area contributed by atoms with Gasteiger partial charge in [-0.25, -0.2) is 5.48 Å². The highest BCUT2D eigenvalue weighted by atomic mass is 16.7. The third-order valence-corrected chi connectivity index (χ3v) is 16.4. The maximum absolute atomic E-state index is 14.4. The highest BCUT2D eigenvalue weighted by Gasteiger charge is 2.53. The lowest BCUT2D eigenvalue weighted by Gasteiger charge is -2.49. The molecule has 3 fully saturated rings. The van der Waals surface area contributed by atoms with Crippen LogP contribution in [0.4, 0.5) is 0 Å². The van der Waals surface area contributed by atoms with Gasteiger partial charge in [-0.2, -0.15) is 0 Å². The summed E-state index contributed by atoms with van der Waals surface area (Å²) in [5, 5.41) is 76.8. The fourth-order valence-electron chi connectivity index (χ4n) is 11.6. The number of aromatic nitrogens is 3. The van der Waals surface area contributed by atoms with Gasteiger partial charge < -0.3 is 54.0 Å². The molecular formula is C55H91N5O15. The number of amides is 1. The number of carbonyl (C=O) groups excluding carboxylic acids is 3. The van der Waals surface area contributed by atoms with Crippen LogP contribution in [0.25, 0.3) is 11.3 Å². The number of benzene rings is 1. The number of rotatable bonds is 20. The van der Waals surface area contributed by atoms with E-state index in [1.54, 1.807) is 47.0 Å². The van der Waals surface area contributed by atoms with Crippen LogP contribution in [-0.2, 0) is 55.9 Å². The molecule has 75 heavy (non-hydrogen) atoms. The van der Waals surface area contributed by atoms with Gasteiger partial charge in [-0.15, -0.1) is 5.10 Å². The Hall–Kier alpha value is -3.51. The number of unbranched alkanes of at least 4 members (excludes halogenated alkanes) is 6. The molecule has 0 spiro atoms. The van der Waals surface area contributed by atoms with Crippen LogP contribution in [0.15, 0.2) is 30.5 Å². The molecule has 0 aliphatic carbocycles. The zero-order chi connectivity index (χ0) is 55.6. The molecule has 0 unspecified atom stereocenters. The minimum Gasteiger partial charge on any atom is -0.459 e. The number of aryl methyl sites for hydroxylation is 1. The van der Waals surface area contributed by atoms with E-state index in [0.29, 0.717) is 19.4 Å². The van der Waals surface area contributed by atoms with Crippen molar-refractivity contribution in [1.82, 2.24) is 25.4 Å². The summed E-state index contributed by atoms with van der Waals surface area (Å²) in [6, 6.07) is 7.55. The number of aliphatic hydroxyl groups is 5. The third-order valence-electron chi connectivity index (χ3n) is 16.4. The number of nitrogens with one attached hydrogen (secondary N) is 1. The summed E-state index contributed by atoms with van der Waals surface area (Å²) in [7, 11) is 3.40. The van der Waals surface area contributed by atoms with Gasteiger partial charge in [0.1, 0.15) is 35.4 Å². The number of cyclic esters (lactones) is 1. The number of ketones is 1. The number of ether oxygens (including phenoxy) is 6. The van der Waals surface area contributed by atoms with Gasteiger partial charge in [0.05, 0.1) is 53.8 Å². The van der Waals surface area contributed by atoms with Crippen LogP contribution in [0.2, 0.25) is 0 Å². The number of Topliss-reactive ketones (excluding diaryl/α,β-unsaturated/α-hetero) is 1. The van der Waals surface area contributed by atoms with E-state index < -0.39 is 120 Å². The zero-order valence-corrected chi connectivity index (χ0v) is 46.6. The second kappa shape index (κ2) is 27.4. The Morgan fingerprint density at radius 1 is 0.880 bits per heavy atom. The first kappa shape index (κ1) is 62.3. The van der Waals surface area contributed by atoms with Crippen molar-refractivity contribution in [3.8, 4) is 11.3 Å². The molecule has 3 saturated heterocycles. The maximum Gasteiger partial charge on any atom is 0.311 e. The smallest absolute Gasteiger partial charge is 0.311 e. The third kappa shape index (κ3) is 15.8. The first-order chi connectivity index (χ1) is 35.3. The van der Waals surface area contributed by atoms with E-state index in [1.165, 1.54) is 27.9 Å². The second-order valence-corrected chi connectivity index (χ2v) is 22.7. The van der Waals surface area contributed by atoms with E-state index in [-0.39, 0.29) is 25.2 Å². The average Bonchev–Trinajstić information content (AvgIpc) is 3.85. The lowest BCUT2D eigenvalue weighted by Crippen LogP contribution is -2.61. The Balaban J connectivity index is 1.34. The molecule has 20 nitrogen and oxygen atoms in total. The van der Waals surface area contributed by atoms with E-state index in [0.717, 1.165) is 68.3 Å². The number of hydrogen-bond donors (Lipinski definition) is 7. The minimum atomic E-state index is -2.03. The Kier molecular flexibility index (Phi) is 22.8. The maximum atomic E-state index is 14.4. The predicted molar refractivity (Wildman–Crippen MR) is 276 cm³/mol. The average molecular weight is 1060 g/mol. The van der Waals surface area contributed by atoms with E-state index in [2.05, 4.69) is 10.3 Å². The van der Waals surface area contributed by atoms with E-state index in [1.807, 2.05) is 54.0 Å². The van der Waals surface area contributed by atoms with Crippen molar-refractivity contribution in [2.24, 2.45) is 23.7 Å². The molecule has 0 radical (unpaired) electrons. The Morgan fingerprint density at radius 2 is 1.52 bits per heavy atom. The van der Waals surface area contributed by atoms with Crippen molar-refractivity contribution in [3.05, 3.63) is 36.0 Å². The topological polar surface area (TPSA) is 274 Å². The molecule has 20 heteroatoms. The van der Waals surface area contributed by atoms with Crippen LogP contribution in [0.5, 0.6) is 0 Å². The van der Waals surface area contributed by atoms with Gasteiger partial charge in [0.25, 0.3) is 0 Å². The fourth-order valence-corrected chi connectivity index (χ4v) is 11.6. The molecule has 18 atom stereocenters. The molecule has 3 aliphatic heterocycles. The molecule has 7 N–H and O–H groups in total. The molecule has 0 saturated carbocycles. The van der Waals surface area contributed by atoms with Crippen molar-refractivity contribution in [2.45, 2.75) is 244 Å². The largest absolute Gasteiger partial charge is 0.459 e. The van der Waals surface area contributed by atoms with E-state index in [4.69, 9.17) is 33.6 Å². The number of methoxy groups -OCH3 is 1. The predicted octanol–water partition coefficient (Wildman–Crippen LogP) is 5.24. The van der Waals surface area contributed by atoms with E-state index >= 15 is 0 Å². The van der Waals surface area contributed by atoms with Crippen molar-refractivity contribution >= 4 is 17.7 Å². The Morgan fingerprint density at radius 3 is 2.15 bits per heavy atom. The standard InChI is InChI=1S/C55H91N5O15/c1-13-42-55(10,68)48(64)34(4)45(62)32(2)28-53(8,67)50(35(5)47(36(6)51(66)73-42)74-44-29-54(9,70-12)49(65)37(7)72-44)75-52-46(63)41(27-33(3)71-52)59(11)30-38-22-24-39(25-23-38)40-31-60(58-56-40)26-20-18-16-14-15-17-19-21-43(61)57-69/h22-25,31-37,41-42,44,46-50,52,63-65,67-69H,13-21,26-30H2,1-12H3,(H,57,61)/t32-,33-,34+,35+,36-,37+,41+,42-,44+,46-,47+,48-,49+,50-,52+,53-,54-,55-/m1/s1. The van der Waals surface area contributed by atoms with E-state index in [9.17, 15) is 39.9 Å². The monoisotopic (exact) mass is 1060 g/mol. The lowest BCUT2D eigenvalue weighted by molar-refractivity contribution is -0.318. The van der Waals surface area contributed by atoms with Crippen LogP contribution >= 0.6 is 0 Å². The Labute approximate surface area is 444 Å². The number of nitrogens with zero attached hydrogens (tertiary/aromatic N) is 4. The Bertz CT molecular complexity index is 2110. The highest BCUT2D eigenvalue weighted by molar-refractivity contribution is 5.83. The molecule has 0 bridgehead atoms. The first-order valence-corrected chi connectivity index (χ1v) is 27.3. The number of likely N-dealkylation sites (N-methyl/N-ethyl adjacent to an activating group) is 1. The van der Waals surface area contributed by atoms with Crippen molar-refractivity contribution in [1.29, 1.82) is 0 Å². The molecule has 426 valence electrons. The number of hydroxylamine groups is 1. The molecule has 5 rings (SSSR count). The van der Waals surface area contributed by atoms with Gasteiger partial charge in [-0.1, -0.05) is 89.3 Å². The number of carbonyl (C=O) groups is 3. The van der Waals surface area contributed by atoms with Crippen LogP contribution < -0.4 is 5.48 Å². The summed E-state index contributed by atoms with van der Waals surface area (Å²) in [6.45, 7) is 17.6. The number of aliphatic hydroxyl groups excluding tert-OH is 3. The lowest BCUT2D eigenvalue weighted by atomic mass is 9.74. The summed E-state index contributed by atoms with van der Waals surface area (Å²) in [5.74, 6) is -5.59. The molecular weight excluding hydrogens is 971 g/mol. The normalized spacial score (nSPS) is 37.5. The van der Waals surface area contributed by atoms with Gasteiger partial charge in [-0.05, 0) is 86.3 Å². The summed E-state index contributed by atoms with van der Waals surface area (Å²) < 4.78 is 39.8. The van der Waals surface area contributed by atoms with Gasteiger partial charge in [-0.3, -0.25) is 29.2 Å². The van der Waals surface area contributed by atoms with Crippen LogP contribution in [-0.4, -0.2) is 167 Å². The van der Waals surface area contributed by atoms with Crippen molar-refractivity contribution in [2.75, 3.05) is 14.2 Å². The summed E-state index contributed by atoms with van der Waals surface area (Å²) in [4.78, 5) is 41.7. The number of esters is 1. The van der Waals surface area contributed by atoms with Gasteiger partial charge in [0, 0.05) is 62.4 Å². The van der Waals surface area contributed by atoms with Crippen LogP contribution in [0.1, 0.15) is 152 Å². The minimum absolute atomic E-state index is 0.0615. The number of hydrogen-bond acceptors (Lipinski definition) is 18. The summed E-state index contributed by atoms with van der Waals surface area (Å²) in [6.07, 6.45) is -1.30. The fraction of sp³-hybridized carbons (Fsp3) is 0.800. The molecule has 3 aliphatic rings. The van der Waals surface area contributed by atoms with Gasteiger partial charge >= 0.3 is 5.97 Å². The SMILES string of the molecule is CC[C@H]1OC(=O)[C@H](C)[C@@H](O[C@H]2C[C@@](C)(OC)[C@@H](O)[C@H](C)O2)[C@H](C)[C@@H](O[C@@H]2O[C@H](C)C[C@H](N(C)Cc3ccc(-c4cn(CCCCCCCCCC(=O)NO)nn4)cc3)[C@H]2O)[C@](C)(O)C[C@@H](C)C(=O)[C@H](C)[C@@H](O)[C@]1(C)O. The van der Waals surface area contributed by atoms with Crippen molar-refractivity contribution in [3.63, 3.8) is 0 Å². The van der Waals surface area contributed by atoms with Gasteiger partial charge in [0.15, 0.2) is 12.6 Å². The molecule has 1 aromatic heterocycles. The van der Waals surface area contributed by atoms with Crippen LogP contribution in [0.3, 0.4) is 0 Å². The summed E-state index contributed by atoms with van der Waals surface area (Å²) in [5.41, 5.74) is -0.671. The first-order valence-electron chi connectivity index (χ1n) is 27.3. The van der Waals surface area contributed by atoms with Crippen molar-refractivity contribution < 1.29 is 73.5 Å². The quantitative estimate of drug-likeness (QED) is 0.0387. The molecule has 1 amide bonds.